The van der Waals surface area contributed by atoms with Crippen LogP contribution in [-0.2, 0) is 0 Å². The van der Waals surface area contributed by atoms with Crippen LogP contribution in [0, 0.1) is 17.1 Å². The van der Waals surface area contributed by atoms with E-state index >= 15 is 0 Å². The Labute approximate surface area is 100 Å². The van der Waals surface area contributed by atoms with Crippen molar-refractivity contribution in [1.29, 1.82) is 5.26 Å². The van der Waals surface area contributed by atoms with Gasteiger partial charge >= 0.3 is 0 Å². The highest BCUT2D eigenvalue weighted by Gasteiger charge is 2.08. The van der Waals surface area contributed by atoms with Crippen LogP contribution in [-0.4, -0.2) is 13.1 Å². The zero-order valence-electron chi connectivity index (χ0n) is 8.66. The van der Waals surface area contributed by atoms with Gasteiger partial charge in [0.15, 0.2) is 0 Å². The van der Waals surface area contributed by atoms with Gasteiger partial charge in [-0.15, -0.1) is 12.4 Å². The molecule has 0 fully saturated rings. The first-order valence-electron chi connectivity index (χ1n) is 4.90. The molecule has 0 saturated carbocycles. The molecular formula is C12H12ClFN2. The maximum atomic E-state index is 13.2. The van der Waals surface area contributed by atoms with Crippen LogP contribution in [0.25, 0.3) is 5.57 Å². The first-order chi connectivity index (χ1) is 7.29. The number of hydrogen-bond donors (Lipinski definition) is 1. The maximum Gasteiger partial charge on any atom is 0.125 e. The van der Waals surface area contributed by atoms with E-state index in [1.165, 1.54) is 12.1 Å². The SMILES string of the molecule is Cl.N#Cc1cc(F)cc(C2=CCNCC2)c1. The summed E-state index contributed by atoms with van der Waals surface area (Å²) in [6, 6.07) is 6.44. The summed E-state index contributed by atoms with van der Waals surface area (Å²) in [4.78, 5) is 0. The van der Waals surface area contributed by atoms with E-state index in [4.69, 9.17) is 5.26 Å². The molecule has 1 aromatic rings. The second-order valence-electron chi connectivity index (χ2n) is 3.52. The third-order valence-electron chi connectivity index (χ3n) is 2.46. The summed E-state index contributed by atoms with van der Waals surface area (Å²) >= 11 is 0. The van der Waals surface area contributed by atoms with Crippen LogP contribution in [0.1, 0.15) is 17.5 Å². The molecule has 1 N–H and O–H groups in total. The lowest BCUT2D eigenvalue weighted by Gasteiger charge is -2.14. The van der Waals surface area contributed by atoms with Crippen LogP contribution >= 0.6 is 12.4 Å². The number of nitrogens with zero attached hydrogens (tertiary/aromatic N) is 1. The lowest BCUT2D eigenvalue weighted by Crippen LogP contribution is -2.20. The molecule has 0 spiro atoms. The molecule has 1 aliphatic rings. The van der Waals surface area contributed by atoms with Gasteiger partial charge in [0.05, 0.1) is 11.6 Å². The second kappa shape index (κ2) is 5.64. The van der Waals surface area contributed by atoms with Gasteiger partial charge in [0.1, 0.15) is 5.82 Å². The summed E-state index contributed by atoms with van der Waals surface area (Å²) < 4.78 is 13.2. The summed E-state index contributed by atoms with van der Waals surface area (Å²) in [5, 5.41) is 11.9. The largest absolute Gasteiger partial charge is 0.313 e. The fraction of sp³-hybridized carbons (Fsp3) is 0.250. The molecule has 0 amide bonds. The molecule has 0 aromatic heterocycles. The fourth-order valence-corrected chi connectivity index (χ4v) is 1.72. The molecule has 0 radical (unpaired) electrons. The summed E-state index contributed by atoms with van der Waals surface area (Å²) in [6.45, 7) is 1.72. The van der Waals surface area contributed by atoms with Crippen LogP contribution in [0.2, 0.25) is 0 Å². The van der Waals surface area contributed by atoms with Crippen molar-refractivity contribution in [3.63, 3.8) is 0 Å². The highest BCUT2D eigenvalue weighted by molar-refractivity contribution is 5.85. The van der Waals surface area contributed by atoms with Crippen LogP contribution in [0.15, 0.2) is 24.3 Å². The van der Waals surface area contributed by atoms with Gasteiger partial charge in [0, 0.05) is 6.54 Å². The molecule has 16 heavy (non-hydrogen) atoms. The van der Waals surface area contributed by atoms with Crippen molar-refractivity contribution < 1.29 is 4.39 Å². The molecule has 4 heteroatoms. The molecule has 0 bridgehead atoms. The minimum Gasteiger partial charge on any atom is -0.313 e. The quantitative estimate of drug-likeness (QED) is 0.816. The number of benzene rings is 1. The van der Waals surface area contributed by atoms with Crippen molar-refractivity contribution in [1.82, 2.24) is 5.32 Å². The summed E-state index contributed by atoms with van der Waals surface area (Å²) in [5.74, 6) is -0.344. The Morgan fingerprint density at radius 1 is 1.31 bits per heavy atom. The third kappa shape index (κ3) is 2.82. The standard InChI is InChI=1S/C12H11FN2.ClH/c13-12-6-9(8-14)5-11(7-12)10-1-3-15-4-2-10;/h1,5-7,15H,2-4H2;1H. The molecule has 0 saturated heterocycles. The molecule has 84 valence electrons. The first kappa shape index (κ1) is 12.7. The molecule has 0 aliphatic carbocycles. The smallest absolute Gasteiger partial charge is 0.125 e. The molecule has 0 unspecified atom stereocenters. The number of nitrogens with one attached hydrogen (secondary N) is 1. The van der Waals surface area contributed by atoms with Crippen LogP contribution in [0.3, 0.4) is 0 Å². The van der Waals surface area contributed by atoms with Crippen LogP contribution < -0.4 is 5.32 Å². The van der Waals surface area contributed by atoms with E-state index in [2.05, 4.69) is 5.32 Å². The van der Waals surface area contributed by atoms with E-state index in [0.717, 1.165) is 30.6 Å². The lowest BCUT2D eigenvalue weighted by molar-refractivity contribution is 0.626. The van der Waals surface area contributed by atoms with Gasteiger partial charge in [-0.05, 0) is 42.3 Å². The Kier molecular flexibility index (Phi) is 4.48. The molecular weight excluding hydrogens is 227 g/mol. The third-order valence-corrected chi connectivity index (χ3v) is 2.46. The summed E-state index contributed by atoms with van der Waals surface area (Å²) in [7, 11) is 0. The van der Waals surface area contributed by atoms with Crippen molar-refractivity contribution in [3.8, 4) is 6.07 Å². The molecule has 2 rings (SSSR count). The Balaban J connectivity index is 0.00000128. The van der Waals surface area contributed by atoms with Gasteiger partial charge in [-0.3, -0.25) is 0 Å². The monoisotopic (exact) mass is 238 g/mol. The van der Waals surface area contributed by atoms with Crippen LogP contribution in [0.5, 0.6) is 0 Å². The normalized spacial score (nSPS) is 14.6. The highest BCUT2D eigenvalue weighted by atomic mass is 35.5. The Morgan fingerprint density at radius 2 is 2.12 bits per heavy atom. The fourth-order valence-electron chi connectivity index (χ4n) is 1.72. The van der Waals surface area contributed by atoms with E-state index in [0.29, 0.717) is 5.56 Å². The number of hydrogen-bond acceptors (Lipinski definition) is 2. The number of halogens is 2. The molecule has 2 nitrogen and oxygen atoms in total. The molecule has 0 atom stereocenters. The minimum absolute atomic E-state index is 0. The van der Waals surface area contributed by atoms with Gasteiger partial charge < -0.3 is 5.32 Å². The van der Waals surface area contributed by atoms with E-state index in [1.54, 1.807) is 6.07 Å². The predicted octanol–water partition coefficient (Wildman–Crippen LogP) is 2.50. The van der Waals surface area contributed by atoms with E-state index < -0.39 is 0 Å². The van der Waals surface area contributed by atoms with E-state index in [1.807, 2.05) is 12.1 Å². The summed E-state index contributed by atoms with van der Waals surface area (Å²) in [5.41, 5.74) is 2.32. The van der Waals surface area contributed by atoms with Gasteiger partial charge in [0.2, 0.25) is 0 Å². The van der Waals surface area contributed by atoms with Gasteiger partial charge in [-0.25, -0.2) is 4.39 Å². The van der Waals surface area contributed by atoms with Gasteiger partial charge in [-0.1, -0.05) is 6.08 Å². The average molecular weight is 239 g/mol. The Hall–Kier alpha value is -1.37. The Bertz CT molecular complexity index is 449. The highest BCUT2D eigenvalue weighted by Crippen LogP contribution is 2.21. The predicted molar refractivity (Wildman–Crippen MR) is 63.8 cm³/mol. The minimum atomic E-state index is -0.344. The number of nitriles is 1. The zero-order chi connectivity index (χ0) is 10.7. The van der Waals surface area contributed by atoms with Crippen LogP contribution in [0.4, 0.5) is 4.39 Å². The van der Waals surface area contributed by atoms with Gasteiger partial charge in [0.25, 0.3) is 0 Å². The molecule has 1 aliphatic heterocycles. The summed E-state index contributed by atoms with van der Waals surface area (Å²) in [6.07, 6.45) is 2.92. The Morgan fingerprint density at radius 3 is 2.75 bits per heavy atom. The molecule has 1 aromatic carbocycles. The van der Waals surface area contributed by atoms with Crippen molar-refractivity contribution in [2.75, 3.05) is 13.1 Å². The van der Waals surface area contributed by atoms with Crippen molar-refractivity contribution in [3.05, 3.63) is 41.2 Å². The topological polar surface area (TPSA) is 35.8 Å². The lowest BCUT2D eigenvalue weighted by atomic mass is 9.98. The zero-order valence-corrected chi connectivity index (χ0v) is 9.48. The maximum absolute atomic E-state index is 13.2. The first-order valence-corrected chi connectivity index (χ1v) is 4.90. The van der Waals surface area contributed by atoms with Crippen molar-refractivity contribution in [2.24, 2.45) is 0 Å². The number of rotatable bonds is 1. The van der Waals surface area contributed by atoms with E-state index in [9.17, 15) is 4.39 Å². The van der Waals surface area contributed by atoms with Crippen molar-refractivity contribution >= 4 is 18.0 Å². The average Bonchev–Trinajstić information content (AvgIpc) is 2.29. The van der Waals surface area contributed by atoms with Crippen molar-refractivity contribution in [2.45, 2.75) is 6.42 Å². The molecule has 1 heterocycles. The second-order valence-corrected chi connectivity index (χ2v) is 3.52. The van der Waals surface area contributed by atoms with E-state index in [-0.39, 0.29) is 18.2 Å². The van der Waals surface area contributed by atoms with Gasteiger partial charge in [-0.2, -0.15) is 5.26 Å².